The van der Waals surface area contributed by atoms with E-state index in [4.69, 9.17) is 0 Å². The second-order valence-corrected chi connectivity index (χ2v) is 5.78. The summed E-state index contributed by atoms with van der Waals surface area (Å²) in [6.07, 6.45) is 0.882. The van der Waals surface area contributed by atoms with Gasteiger partial charge in [-0.15, -0.1) is 0 Å². The minimum atomic E-state index is -0.175. The third-order valence-electron chi connectivity index (χ3n) is 4.23. The molecule has 0 aliphatic carbocycles. The van der Waals surface area contributed by atoms with Gasteiger partial charge in [0, 0.05) is 57.0 Å². The molecule has 126 valence electrons. The molecule has 1 aliphatic rings. The zero-order chi connectivity index (χ0) is 17.1. The van der Waals surface area contributed by atoms with Gasteiger partial charge in [0.1, 0.15) is 0 Å². The first kappa shape index (κ1) is 16.2. The van der Waals surface area contributed by atoms with Crippen molar-refractivity contribution in [1.29, 1.82) is 0 Å². The number of aromatic nitrogens is 2. The van der Waals surface area contributed by atoms with Crippen LogP contribution >= 0.6 is 0 Å². The first-order chi connectivity index (χ1) is 11.6. The van der Waals surface area contributed by atoms with Gasteiger partial charge < -0.3 is 16.0 Å². The number of rotatable bonds is 4. The second kappa shape index (κ2) is 6.84. The fourth-order valence-corrected chi connectivity index (χ4v) is 2.89. The Labute approximate surface area is 140 Å². The number of hydrogen-bond acceptors (Lipinski definition) is 4. The Morgan fingerprint density at radius 3 is 2.71 bits per heavy atom. The van der Waals surface area contributed by atoms with E-state index in [-0.39, 0.29) is 11.8 Å². The molecule has 7 nitrogen and oxygen atoms in total. The van der Waals surface area contributed by atoms with Crippen LogP contribution in [0.4, 0.5) is 0 Å². The van der Waals surface area contributed by atoms with Gasteiger partial charge in [0.05, 0.1) is 0 Å². The van der Waals surface area contributed by atoms with E-state index in [1.807, 2.05) is 19.2 Å². The van der Waals surface area contributed by atoms with Gasteiger partial charge in [0.15, 0.2) is 5.69 Å². The molecule has 0 fully saturated rings. The van der Waals surface area contributed by atoms with Crippen molar-refractivity contribution >= 4 is 11.8 Å². The van der Waals surface area contributed by atoms with Gasteiger partial charge in [-0.3, -0.25) is 14.3 Å². The standard InChI is InChI=1S/C17H21N5O2/c1-18-16(23)12-5-3-11(4-6-12)9-20-17(24)15-13-10-19-8-7-14(13)22(2)21-15/h3-6,19H,7-10H2,1-2H3,(H,18,23)(H,20,24). The summed E-state index contributed by atoms with van der Waals surface area (Å²) in [6.45, 7) is 1.98. The molecule has 2 aromatic rings. The lowest BCUT2D eigenvalue weighted by atomic mass is 10.1. The number of aryl methyl sites for hydroxylation is 1. The van der Waals surface area contributed by atoms with E-state index in [1.54, 1.807) is 23.9 Å². The summed E-state index contributed by atoms with van der Waals surface area (Å²) in [5.41, 5.74) is 4.11. The third kappa shape index (κ3) is 3.16. The summed E-state index contributed by atoms with van der Waals surface area (Å²) < 4.78 is 1.79. The highest BCUT2D eigenvalue weighted by molar-refractivity contribution is 5.94. The van der Waals surface area contributed by atoms with Crippen LogP contribution < -0.4 is 16.0 Å². The van der Waals surface area contributed by atoms with E-state index in [0.717, 1.165) is 29.8 Å². The lowest BCUT2D eigenvalue weighted by Crippen LogP contribution is -2.28. The maximum atomic E-state index is 12.4. The highest BCUT2D eigenvalue weighted by atomic mass is 16.2. The summed E-state index contributed by atoms with van der Waals surface area (Å²) >= 11 is 0. The molecule has 0 saturated carbocycles. The molecule has 0 atom stereocenters. The van der Waals surface area contributed by atoms with Crippen LogP contribution in [0.15, 0.2) is 24.3 Å². The average molecular weight is 327 g/mol. The van der Waals surface area contributed by atoms with Crippen molar-refractivity contribution in [2.75, 3.05) is 13.6 Å². The van der Waals surface area contributed by atoms with Crippen molar-refractivity contribution in [2.45, 2.75) is 19.5 Å². The molecule has 1 aliphatic heterocycles. The van der Waals surface area contributed by atoms with Crippen molar-refractivity contribution in [1.82, 2.24) is 25.7 Å². The smallest absolute Gasteiger partial charge is 0.272 e. The van der Waals surface area contributed by atoms with Crippen LogP contribution in [-0.4, -0.2) is 35.2 Å². The van der Waals surface area contributed by atoms with E-state index in [1.165, 1.54) is 0 Å². The monoisotopic (exact) mass is 327 g/mol. The molecular weight excluding hydrogens is 306 g/mol. The van der Waals surface area contributed by atoms with Crippen LogP contribution in [-0.2, 0) is 26.6 Å². The molecule has 1 aromatic heterocycles. The zero-order valence-corrected chi connectivity index (χ0v) is 13.8. The predicted octanol–water partition coefficient (Wildman–Crippen LogP) is 0.355. The zero-order valence-electron chi connectivity index (χ0n) is 13.8. The lowest BCUT2D eigenvalue weighted by molar-refractivity contribution is 0.0940. The number of amides is 2. The maximum absolute atomic E-state index is 12.4. The average Bonchev–Trinajstić information content (AvgIpc) is 2.97. The first-order valence-electron chi connectivity index (χ1n) is 7.95. The molecule has 1 aromatic carbocycles. The Morgan fingerprint density at radius 2 is 2.00 bits per heavy atom. The molecule has 0 spiro atoms. The summed E-state index contributed by atoms with van der Waals surface area (Å²) in [5.74, 6) is -0.302. The van der Waals surface area contributed by atoms with E-state index < -0.39 is 0 Å². The van der Waals surface area contributed by atoms with Crippen LogP contribution in [0, 0.1) is 0 Å². The van der Waals surface area contributed by atoms with Crippen LogP contribution in [0.1, 0.15) is 37.7 Å². The predicted molar refractivity (Wildman–Crippen MR) is 89.6 cm³/mol. The molecule has 0 unspecified atom stereocenters. The topological polar surface area (TPSA) is 88.1 Å². The lowest BCUT2D eigenvalue weighted by Gasteiger charge is -2.14. The van der Waals surface area contributed by atoms with Gasteiger partial charge >= 0.3 is 0 Å². The molecule has 3 rings (SSSR count). The first-order valence-corrected chi connectivity index (χ1v) is 7.95. The molecule has 24 heavy (non-hydrogen) atoms. The fraction of sp³-hybridized carbons (Fsp3) is 0.353. The summed E-state index contributed by atoms with van der Waals surface area (Å²) in [4.78, 5) is 24.0. The molecule has 3 N–H and O–H groups in total. The van der Waals surface area contributed by atoms with Gasteiger partial charge in [0.2, 0.25) is 0 Å². The number of nitrogens with one attached hydrogen (secondary N) is 3. The summed E-state index contributed by atoms with van der Waals surface area (Å²) in [7, 11) is 3.47. The van der Waals surface area contributed by atoms with Crippen molar-refractivity contribution in [2.24, 2.45) is 7.05 Å². The number of fused-ring (bicyclic) bond motifs is 1. The molecule has 0 saturated heterocycles. The van der Waals surface area contributed by atoms with Crippen molar-refractivity contribution in [3.05, 3.63) is 52.3 Å². The second-order valence-electron chi connectivity index (χ2n) is 5.78. The van der Waals surface area contributed by atoms with Gasteiger partial charge in [-0.1, -0.05) is 12.1 Å². The maximum Gasteiger partial charge on any atom is 0.272 e. The fourth-order valence-electron chi connectivity index (χ4n) is 2.89. The Balaban J connectivity index is 1.67. The van der Waals surface area contributed by atoms with E-state index in [2.05, 4.69) is 21.0 Å². The van der Waals surface area contributed by atoms with Gasteiger partial charge in [-0.05, 0) is 17.7 Å². The van der Waals surface area contributed by atoms with E-state index >= 15 is 0 Å². The van der Waals surface area contributed by atoms with Crippen molar-refractivity contribution in [3.63, 3.8) is 0 Å². The molecule has 2 amide bonds. The molecular formula is C17H21N5O2. The van der Waals surface area contributed by atoms with Crippen LogP contribution in [0.25, 0.3) is 0 Å². The molecule has 0 bridgehead atoms. The normalized spacial score (nSPS) is 13.2. The minimum Gasteiger partial charge on any atom is -0.355 e. The van der Waals surface area contributed by atoms with Crippen molar-refractivity contribution in [3.8, 4) is 0 Å². The third-order valence-corrected chi connectivity index (χ3v) is 4.23. The van der Waals surface area contributed by atoms with Crippen LogP contribution in [0.5, 0.6) is 0 Å². The van der Waals surface area contributed by atoms with Crippen LogP contribution in [0.2, 0.25) is 0 Å². The molecule has 7 heteroatoms. The highest BCUT2D eigenvalue weighted by Crippen LogP contribution is 2.17. The largest absolute Gasteiger partial charge is 0.355 e. The number of hydrogen-bond donors (Lipinski definition) is 3. The number of carbonyl (C=O) groups is 2. The van der Waals surface area contributed by atoms with E-state index in [9.17, 15) is 9.59 Å². The SMILES string of the molecule is CNC(=O)c1ccc(CNC(=O)c2nn(C)c3c2CNCC3)cc1. The quantitative estimate of drug-likeness (QED) is 0.756. The Kier molecular flexibility index (Phi) is 4.61. The summed E-state index contributed by atoms with van der Waals surface area (Å²) in [5, 5.41) is 13.1. The van der Waals surface area contributed by atoms with E-state index in [0.29, 0.717) is 24.3 Å². The van der Waals surface area contributed by atoms with Crippen LogP contribution in [0.3, 0.4) is 0 Å². The Bertz CT molecular complexity index is 764. The number of benzene rings is 1. The Hall–Kier alpha value is -2.67. The molecule has 2 heterocycles. The Morgan fingerprint density at radius 1 is 1.25 bits per heavy atom. The number of nitrogens with zero attached hydrogens (tertiary/aromatic N) is 2. The van der Waals surface area contributed by atoms with Crippen molar-refractivity contribution < 1.29 is 9.59 Å². The van der Waals surface area contributed by atoms with Gasteiger partial charge in [-0.25, -0.2) is 0 Å². The summed E-state index contributed by atoms with van der Waals surface area (Å²) in [6, 6.07) is 7.15. The number of carbonyl (C=O) groups excluding carboxylic acids is 2. The van der Waals surface area contributed by atoms with Gasteiger partial charge in [0.25, 0.3) is 11.8 Å². The molecule has 0 radical (unpaired) electrons. The van der Waals surface area contributed by atoms with Gasteiger partial charge in [-0.2, -0.15) is 5.10 Å². The minimum absolute atomic E-state index is 0.127. The highest BCUT2D eigenvalue weighted by Gasteiger charge is 2.23.